The van der Waals surface area contributed by atoms with E-state index in [1.807, 2.05) is 11.8 Å². The summed E-state index contributed by atoms with van der Waals surface area (Å²) >= 11 is 0. The SMILES string of the molecule is CNC(C)C(=O)N1CCN(CC(=O)N(C)C)CC1. The maximum Gasteiger partial charge on any atom is 0.239 e. The van der Waals surface area contributed by atoms with Gasteiger partial charge in [0.25, 0.3) is 0 Å². The van der Waals surface area contributed by atoms with E-state index in [2.05, 4.69) is 10.2 Å². The van der Waals surface area contributed by atoms with Gasteiger partial charge in [-0.3, -0.25) is 14.5 Å². The first-order valence-corrected chi connectivity index (χ1v) is 6.34. The van der Waals surface area contributed by atoms with Crippen molar-refractivity contribution in [2.24, 2.45) is 0 Å². The van der Waals surface area contributed by atoms with Crippen LogP contribution in [-0.2, 0) is 9.59 Å². The maximum atomic E-state index is 11.9. The van der Waals surface area contributed by atoms with Crippen molar-refractivity contribution in [1.82, 2.24) is 20.0 Å². The fraction of sp³-hybridized carbons (Fsp3) is 0.833. The van der Waals surface area contributed by atoms with Crippen molar-refractivity contribution in [1.29, 1.82) is 0 Å². The van der Waals surface area contributed by atoms with Gasteiger partial charge in [-0.25, -0.2) is 0 Å². The van der Waals surface area contributed by atoms with Gasteiger partial charge in [0, 0.05) is 40.3 Å². The van der Waals surface area contributed by atoms with Crippen molar-refractivity contribution in [2.75, 3.05) is 53.9 Å². The van der Waals surface area contributed by atoms with Gasteiger partial charge < -0.3 is 15.1 Å². The van der Waals surface area contributed by atoms with Gasteiger partial charge in [-0.15, -0.1) is 0 Å². The highest BCUT2D eigenvalue weighted by Gasteiger charge is 2.25. The van der Waals surface area contributed by atoms with Crippen LogP contribution in [-0.4, -0.2) is 86.4 Å². The second kappa shape index (κ2) is 6.70. The van der Waals surface area contributed by atoms with Crippen LogP contribution < -0.4 is 5.32 Å². The first kappa shape index (κ1) is 14.9. The molecule has 0 aliphatic carbocycles. The van der Waals surface area contributed by atoms with E-state index in [4.69, 9.17) is 0 Å². The maximum absolute atomic E-state index is 11.9. The number of amides is 2. The van der Waals surface area contributed by atoms with E-state index in [0.717, 1.165) is 13.1 Å². The van der Waals surface area contributed by atoms with E-state index < -0.39 is 0 Å². The van der Waals surface area contributed by atoms with Gasteiger partial charge in [-0.05, 0) is 14.0 Å². The number of carbonyl (C=O) groups excluding carboxylic acids is 2. The Hall–Kier alpha value is -1.14. The van der Waals surface area contributed by atoms with Crippen molar-refractivity contribution in [2.45, 2.75) is 13.0 Å². The second-order valence-electron chi connectivity index (χ2n) is 4.90. The van der Waals surface area contributed by atoms with E-state index in [0.29, 0.717) is 19.6 Å². The molecule has 1 N–H and O–H groups in total. The molecular weight excluding hydrogens is 232 g/mol. The number of nitrogens with one attached hydrogen (secondary N) is 1. The zero-order valence-corrected chi connectivity index (χ0v) is 11.8. The molecule has 0 bridgehead atoms. The molecule has 6 heteroatoms. The lowest BCUT2D eigenvalue weighted by atomic mass is 10.2. The van der Waals surface area contributed by atoms with Crippen LogP contribution in [0.3, 0.4) is 0 Å². The number of likely N-dealkylation sites (N-methyl/N-ethyl adjacent to an activating group) is 2. The number of piperazine rings is 1. The number of hydrogen-bond donors (Lipinski definition) is 1. The van der Waals surface area contributed by atoms with Gasteiger partial charge >= 0.3 is 0 Å². The third kappa shape index (κ3) is 3.96. The summed E-state index contributed by atoms with van der Waals surface area (Å²) in [6, 6.07) is -0.139. The predicted molar refractivity (Wildman–Crippen MR) is 70.2 cm³/mol. The summed E-state index contributed by atoms with van der Waals surface area (Å²) < 4.78 is 0. The summed E-state index contributed by atoms with van der Waals surface area (Å²) in [6.07, 6.45) is 0. The lowest BCUT2D eigenvalue weighted by molar-refractivity contribution is -0.135. The third-order valence-corrected chi connectivity index (χ3v) is 3.35. The van der Waals surface area contributed by atoms with Gasteiger partial charge in [-0.1, -0.05) is 0 Å². The van der Waals surface area contributed by atoms with Crippen LogP contribution in [0.1, 0.15) is 6.92 Å². The molecule has 2 amide bonds. The van der Waals surface area contributed by atoms with Crippen molar-refractivity contribution in [3.8, 4) is 0 Å². The van der Waals surface area contributed by atoms with Crippen LogP contribution in [0.2, 0.25) is 0 Å². The molecule has 0 aromatic rings. The van der Waals surface area contributed by atoms with E-state index in [1.54, 1.807) is 26.0 Å². The minimum atomic E-state index is -0.139. The minimum absolute atomic E-state index is 0.110. The Balaban J connectivity index is 2.37. The van der Waals surface area contributed by atoms with Crippen LogP contribution >= 0.6 is 0 Å². The summed E-state index contributed by atoms with van der Waals surface area (Å²) in [7, 11) is 5.31. The normalized spacial score (nSPS) is 18.6. The Morgan fingerprint density at radius 2 is 1.78 bits per heavy atom. The molecule has 1 unspecified atom stereocenters. The van der Waals surface area contributed by atoms with E-state index in [1.165, 1.54) is 0 Å². The summed E-state index contributed by atoms with van der Waals surface area (Å²) in [5.41, 5.74) is 0. The summed E-state index contributed by atoms with van der Waals surface area (Å²) in [6.45, 7) is 5.24. The summed E-state index contributed by atoms with van der Waals surface area (Å²) in [4.78, 5) is 29.1. The van der Waals surface area contributed by atoms with Gasteiger partial charge in [0.05, 0.1) is 12.6 Å². The Morgan fingerprint density at radius 3 is 2.22 bits per heavy atom. The fourth-order valence-corrected chi connectivity index (χ4v) is 1.86. The molecule has 0 radical (unpaired) electrons. The smallest absolute Gasteiger partial charge is 0.239 e. The quantitative estimate of drug-likeness (QED) is 0.688. The molecule has 1 fully saturated rings. The highest BCUT2D eigenvalue weighted by Crippen LogP contribution is 2.04. The summed E-state index contributed by atoms with van der Waals surface area (Å²) in [5, 5.41) is 2.95. The minimum Gasteiger partial charge on any atom is -0.348 e. The second-order valence-corrected chi connectivity index (χ2v) is 4.90. The standard InChI is InChI=1S/C12H24N4O2/c1-10(13-2)12(18)16-7-5-15(6-8-16)9-11(17)14(3)4/h10,13H,5-9H2,1-4H3. The van der Waals surface area contributed by atoms with Crippen LogP contribution in [0.4, 0.5) is 0 Å². The first-order valence-electron chi connectivity index (χ1n) is 6.34. The highest BCUT2D eigenvalue weighted by atomic mass is 16.2. The zero-order chi connectivity index (χ0) is 13.7. The average Bonchev–Trinajstić information content (AvgIpc) is 2.37. The van der Waals surface area contributed by atoms with Crippen molar-refractivity contribution >= 4 is 11.8 Å². The Bertz CT molecular complexity index is 298. The molecule has 0 saturated carbocycles. The Morgan fingerprint density at radius 1 is 1.22 bits per heavy atom. The lowest BCUT2D eigenvalue weighted by Crippen LogP contribution is -2.54. The van der Waals surface area contributed by atoms with Gasteiger partial charge in [0.2, 0.25) is 11.8 Å². The molecule has 1 atom stereocenters. The number of hydrogen-bond acceptors (Lipinski definition) is 4. The van der Waals surface area contributed by atoms with E-state index in [-0.39, 0.29) is 17.9 Å². The molecule has 1 saturated heterocycles. The zero-order valence-electron chi connectivity index (χ0n) is 11.8. The van der Waals surface area contributed by atoms with E-state index >= 15 is 0 Å². The molecule has 1 rings (SSSR count). The molecule has 1 aliphatic heterocycles. The third-order valence-electron chi connectivity index (χ3n) is 3.35. The molecule has 0 spiro atoms. The molecule has 0 aromatic heterocycles. The van der Waals surface area contributed by atoms with Crippen molar-refractivity contribution < 1.29 is 9.59 Å². The van der Waals surface area contributed by atoms with Gasteiger partial charge in [-0.2, -0.15) is 0 Å². The fourth-order valence-electron chi connectivity index (χ4n) is 1.86. The number of carbonyl (C=O) groups is 2. The summed E-state index contributed by atoms with van der Waals surface area (Å²) in [5.74, 6) is 0.245. The van der Waals surface area contributed by atoms with Gasteiger partial charge in [0.1, 0.15) is 0 Å². The van der Waals surface area contributed by atoms with Crippen LogP contribution in [0.5, 0.6) is 0 Å². The first-order chi connectivity index (χ1) is 8.45. The Kier molecular flexibility index (Phi) is 5.55. The highest BCUT2D eigenvalue weighted by molar-refractivity contribution is 5.81. The molecular formula is C12H24N4O2. The number of rotatable bonds is 4. The van der Waals surface area contributed by atoms with Gasteiger partial charge in [0.15, 0.2) is 0 Å². The largest absolute Gasteiger partial charge is 0.348 e. The van der Waals surface area contributed by atoms with E-state index in [9.17, 15) is 9.59 Å². The van der Waals surface area contributed by atoms with Crippen molar-refractivity contribution in [3.05, 3.63) is 0 Å². The Labute approximate surface area is 109 Å². The number of nitrogens with zero attached hydrogens (tertiary/aromatic N) is 3. The van der Waals surface area contributed by atoms with Crippen LogP contribution in [0.15, 0.2) is 0 Å². The lowest BCUT2D eigenvalue weighted by Gasteiger charge is -2.35. The monoisotopic (exact) mass is 256 g/mol. The predicted octanol–water partition coefficient (Wildman–Crippen LogP) is -1.17. The molecule has 6 nitrogen and oxygen atoms in total. The molecule has 18 heavy (non-hydrogen) atoms. The molecule has 1 aliphatic rings. The molecule has 1 heterocycles. The molecule has 0 aromatic carbocycles. The van der Waals surface area contributed by atoms with Crippen LogP contribution in [0.25, 0.3) is 0 Å². The van der Waals surface area contributed by atoms with Crippen molar-refractivity contribution in [3.63, 3.8) is 0 Å². The average molecular weight is 256 g/mol. The molecule has 104 valence electrons. The topological polar surface area (TPSA) is 55.9 Å². The van der Waals surface area contributed by atoms with Crippen LogP contribution in [0, 0.1) is 0 Å².